The Morgan fingerprint density at radius 2 is 2.08 bits per heavy atom. The van der Waals surface area contributed by atoms with Gasteiger partial charge in [-0.3, -0.25) is 19.2 Å². The van der Waals surface area contributed by atoms with Gasteiger partial charge in [0.15, 0.2) is 11.7 Å². The lowest BCUT2D eigenvalue weighted by Gasteiger charge is -2.33. The number of amides is 2. The summed E-state index contributed by atoms with van der Waals surface area (Å²) in [4.78, 5) is 30.2. The number of guanidine groups is 1. The molecule has 0 bridgehead atoms. The SMILES string of the molecule is CN1C(=O)CC(C)(c2cccc(NC(=O)c3ccn(C)n3)c2)N=C1N. The summed E-state index contributed by atoms with van der Waals surface area (Å²) in [6.07, 6.45) is 1.91. The second-order valence-electron chi connectivity index (χ2n) is 6.28. The maximum atomic E-state index is 12.2. The number of hydrogen-bond donors (Lipinski definition) is 2. The topological polar surface area (TPSA) is 106 Å². The third-order valence-corrected chi connectivity index (χ3v) is 4.26. The Hall–Kier alpha value is -3.16. The predicted octanol–water partition coefficient (Wildman–Crippen LogP) is 1.06. The zero-order valence-electron chi connectivity index (χ0n) is 14.4. The van der Waals surface area contributed by atoms with Gasteiger partial charge in [0, 0.05) is 26.0 Å². The highest BCUT2D eigenvalue weighted by molar-refractivity contribution is 6.03. The van der Waals surface area contributed by atoms with E-state index >= 15 is 0 Å². The third kappa shape index (κ3) is 3.23. The van der Waals surface area contributed by atoms with Crippen LogP contribution < -0.4 is 11.1 Å². The fourth-order valence-electron chi connectivity index (χ4n) is 2.74. The standard InChI is InChI=1S/C17H20N6O2/c1-17(10-14(24)23(3)16(18)20-17)11-5-4-6-12(9-11)19-15(25)13-7-8-22(2)21-13/h4-9H,10H2,1-3H3,(H2,18,20)(H,19,25). The van der Waals surface area contributed by atoms with Crippen molar-refractivity contribution in [3.05, 3.63) is 47.8 Å². The first kappa shape index (κ1) is 16.7. The lowest BCUT2D eigenvalue weighted by Crippen LogP contribution is -2.47. The van der Waals surface area contributed by atoms with Crippen molar-refractivity contribution in [2.24, 2.45) is 17.8 Å². The molecule has 1 aromatic heterocycles. The van der Waals surface area contributed by atoms with Crippen molar-refractivity contribution in [3.63, 3.8) is 0 Å². The summed E-state index contributed by atoms with van der Waals surface area (Å²) < 4.78 is 1.56. The Kier molecular flexibility index (Phi) is 4.03. The Morgan fingerprint density at radius 3 is 2.72 bits per heavy atom. The quantitative estimate of drug-likeness (QED) is 0.871. The van der Waals surface area contributed by atoms with Crippen molar-refractivity contribution < 1.29 is 9.59 Å². The largest absolute Gasteiger partial charge is 0.369 e. The molecule has 0 radical (unpaired) electrons. The number of nitrogens with two attached hydrogens (primary N) is 1. The number of anilines is 1. The van der Waals surface area contributed by atoms with E-state index < -0.39 is 5.54 Å². The molecule has 8 nitrogen and oxygen atoms in total. The highest BCUT2D eigenvalue weighted by atomic mass is 16.2. The predicted molar refractivity (Wildman–Crippen MR) is 94.0 cm³/mol. The number of carbonyl (C=O) groups is 2. The van der Waals surface area contributed by atoms with E-state index in [2.05, 4.69) is 15.4 Å². The lowest BCUT2D eigenvalue weighted by molar-refractivity contribution is -0.128. The van der Waals surface area contributed by atoms with Crippen LogP contribution in [0.2, 0.25) is 0 Å². The molecular weight excluding hydrogens is 320 g/mol. The van der Waals surface area contributed by atoms with Gasteiger partial charge in [-0.05, 0) is 30.7 Å². The second-order valence-corrected chi connectivity index (χ2v) is 6.28. The third-order valence-electron chi connectivity index (χ3n) is 4.26. The van der Waals surface area contributed by atoms with Crippen LogP contribution in [-0.2, 0) is 17.4 Å². The van der Waals surface area contributed by atoms with Crippen molar-refractivity contribution >= 4 is 23.5 Å². The van der Waals surface area contributed by atoms with E-state index in [1.54, 1.807) is 43.2 Å². The number of rotatable bonds is 3. The maximum absolute atomic E-state index is 12.2. The van der Waals surface area contributed by atoms with Gasteiger partial charge < -0.3 is 11.1 Å². The fourth-order valence-corrected chi connectivity index (χ4v) is 2.74. The molecule has 2 amide bonds. The van der Waals surface area contributed by atoms with Crippen LogP contribution in [0.15, 0.2) is 41.5 Å². The van der Waals surface area contributed by atoms with Crippen LogP contribution in [0.3, 0.4) is 0 Å². The highest BCUT2D eigenvalue weighted by Gasteiger charge is 2.36. The zero-order valence-corrected chi connectivity index (χ0v) is 14.4. The number of aliphatic imine (C=N–C) groups is 1. The van der Waals surface area contributed by atoms with Crippen molar-refractivity contribution in [2.75, 3.05) is 12.4 Å². The summed E-state index contributed by atoms with van der Waals surface area (Å²) in [5, 5.41) is 6.89. The van der Waals surface area contributed by atoms with Crippen LogP contribution in [-0.4, -0.2) is 39.5 Å². The summed E-state index contributed by atoms with van der Waals surface area (Å²) >= 11 is 0. The average Bonchev–Trinajstić information content (AvgIpc) is 2.99. The van der Waals surface area contributed by atoms with Crippen LogP contribution in [0.4, 0.5) is 5.69 Å². The first-order valence-corrected chi connectivity index (χ1v) is 7.82. The maximum Gasteiger partial charge on any atom is 0.276 e. The fraction of sp³-hybridized carbons (Fsp3) is 0.294. The van der Waals surface area contributed by atoms with Gasteiger partial charge in [-0.25, -0.2) is 4.99 Å². The van der Waals surface area contributed by atoms with Gasteiger partial charge in [-0.1, -0.05) is 12.1 Å². The molecule has 1 aliphatic rings. The molecule has 1 atom stereocenters. The minimum absolute atomic E-state index is 0.0991. The first-order valence-electron chi connectivity index (χ1n) is 7.82. The monoisotopic (exact) mass is 340 g/mol. The van der Waals surface area contributed by atoms with E-state index in [4.69, 9.17) is 5.73 Å². The molecule has 1 aromatic carbocycles. The molecular formula is C17H20N6O2. The Balaban J connectivity index is 1.87. The minimum atomic E-state index is -0.764. The van der Waals surface area contributed by atoms with E-state index in [1.807, 2.05) is 19.1 Å². The molecule has 1 unspecified atom stereocenters. The van der Waals surface area contributed by atoms with E-state index in [9.17, 15) is 9.59 Å². The normalized spacial score (nSPS) is 20.4. The molecule has 3 N–H and O–H groups in total. The van der Waals surface area contributed by atoms with E-state index in [-0.39, 0.29) is 24.2 Å². The van der Waals surface area contributed by atoms with E-state index in [0.717, 1.165) is 5.56 Å². The molecule has 2 aromatic rings. The van der Waals surface area contributed by atoms with E-state index in [0.29, 0.717) is 11.4 Å². The summed E-state index contributed by atoms with van der Waals surface area (Å²) in [7, 11) is 3.35. The van der Waals surface area contributed by atoms with Crippen LogP contribution in [0.25, 0.3) is 0 Å². The Labute approximate surface area is 145 Å². The van der Waals surface area contributed by atoms with Crippen LogP contribution >= 0.6 is 0 Å². The molecule has 3 rings (SSSR count). The van der Waals surface area contributed by atoms with Crippen LogP contribution in [0, 0.1) is 0 Å². The smallest absolute Gasteiger partial charge is 0.276 e. The van der Waals surface area contributed by atoms with Crippen molar-refractivity contribution in [1.29, 1.82) is 0 Å². The molecule has 0 spiro atoms. The second kappa shape index (κ2) is 6.04. The molecule has 1 aliphatic heterocycles. The number of nitrogens with zero attached hydrogens (tertiary/aromatic N) is 4. The van der Waals surface area contributed by atoms with Gasteiger partial charge in [0.2, 0.25) is 5.91 Å². The number of aryl methyl sites for hydroxylation is 1. The Morgan fingerprint density at radius 1 is 1.32 bits per heavy atom. The Bertz CT molecular complexity index is 872. The van der Waals surface area contributed by atoms with Crippen molar-refractivity contribution in [1.82, 2.24) is 14.7 Å². The number of aromatic nitrogens is 2. The summed E-state index contributed by atoms with van der Waals surface area (Å²) in [5.41, 5.74) is 6.83. The van der Waals surface area contributed by atoms with Gasteiger partial charge in [0.25, 0.3) is 5.91 Å². The van der Waals surface area contributed by atoms with Gasteiger partial charge in [0.1, 0.15) is 0 Å². The van der Waals surface area contributed by atoms with Gasteiger partial charge in [-0.15, -0.1) is 0 Å². The number of nitrogens with one attached hydrogen (secondary N) is 1. The molecule has 0 aliphatic carbocycles. The molecule has 8 heteroatoms. The molecule has 2 heterocycles. The van der Waals surface area contributed by atoms with Gasteiger partial charge >= 0.3 is 0 Å². The summed E-state index contributed by atoms with van der Waals surface area (Å²) in [6, 6.07) is 8.89. The zero-order chi connectivity index (χ0) is 18.2. The molecule has 0 saturated carbocycles. The summed E-state index contributed by atoms with van der Waals surface area (Å²) in [5.74, 6) is -0.218. The number of benzene rings is 1. The van der Waals surface area contributed by atoms with Crippen molar-refractivity contribution in [3.8, 4) is 0 Å². The average molecular weight is 340 g/mol. The van der Waals surface area contributed by atoms with Gasteiger partial charge in [0.05, 0.1) is 12.0 Å². The highest BCUT2D eigenvalue weighted by Crippen LogP contribution is 2.34. The van der Waals surface area contributed by atoms with E-state index in [1.165, 1.54) is 4.90 Å². The van der Waals surface area contributed by atoms with Crippen molar-refractivity contribution in [2.45, 2.75) is 18.9 Å². The minimum Gasteiger partial charge on any atom is -0.369 e. The molecule has 0 fully saturated rings. The van der Waals surface area contributed by atoms with Gasteiger partial charge in [-0.2, -0.15) is 5.10 Å². The van der Waals surface area contributed by atoms with Crippen LogP contribution in [0.1, 0.15) is 29.4 Å². The molecule has 0 saturated heterocycles. The number of hydrogen-bond acceptors (Lipinski definition) is 5. The number of carbonyl (C=O) groups excluding carboxylic acids is 2. The lowest BCUT2D eigenvalue weighted by atomic mass is 9.87. The molecule has 25 heavy (non-hydrogen) atoms. The summed E-state index contributed by atoms with van der Waals surface area (Å²) in [6.45, 7) is 1.85. The first-order chi connectivity index (χ1) is 11.8. The van der Waals surface area contributed by atoms with Crippen LogP contribution in [0.5, 0.6) is 0 Å². The molecule has 130 valence electrons.